The Bertz CT molecular complexity index is 466. The SMILES string of the molecule is CC(C)NCC1(Cc2ccc(Cl)cc2F)CCOC1C. The third-order valence-corrected chi connectivity index (χ3v) is 4.49. The highest BCUT2D eigenvalue weighted by Gasteiger charge is 2.41. The number of benzene rings is 1. The largest absolute Gasteiger partial charge is 0.378 e. The fraction of sp³-hybridized carbons (Fsp3) is 0.625. The Kier molecular flexibility index (Phi) is 5.05. The summed E-state index contributed by atoms with van der Waals surface area (Å²) in [7, 11) is 0. The van der Waals surface area contributed by atoms with Gasteiger partial charge in [0.15, 0.2) is 0 Å². The number of rotatable bonds is 5. The van der Waals surface area contributed by atoms with Crippen molar-refractivity contribution in [1.82, 2.24) is 5.32 Å². The molecule has 2 rings (SSSR count). The van der Waals surface area contributed by atoms with Crippen molar-refractivity contribution in [2.45, 2.75) is 45.8 Å². The van der Waals surface area contributed by atoms with E-state index in [-0.39, 0.29) is 17.3 Å². The smallest absolute Gasteiger partial charge is 0.127 e. The molecule has 1 aromatic carbocycles. The highest BCUT2D eigenvalue weighted by molar-refractivity contribution is 6.30. The zero-order chi connectivity index (χ0) is 14.8. The summed E-state index contributed by atoms with van der Waals surface area (Å²) < 4.78 is 19.8. The molecule has 1 aromatic rings. The molecule has 2 unspecified atom stereocenters. The standard InChI is InChI=1S/C16H23ClFNO/c1-11(2)19-10-16(6-7-20-12(16)3)9-13-4-5-14(17)8-15(13)18/h4-5,8,11-12,19H,6-7,9-10H2,1-3H3. The van der Waals surface area contributed by atoms with E-state index in [1.165, 1.54) is 6.07 Å². The summed E-state index contributed by atoms with van der Waals surface area (Å²) in [5, 5.41) is 3.92. The van der Waals surface area contributed by atoms with Crippen molar-refractivity contribution in [3.05, 3.63) is 34.6 Å². The fourth-order valence-corrected chi connectivity index (χ4v) is 2.96. The Hall–Kier alpha value is -0.640. The van der Waals surface area contributed by atoms with Crippen LogP contribution in [0.15, 0.2) is 18.2 Å². The molecule has 0 radical (unpaired) electrons. The van der Waals surface area contributed by atoms with Crippen molar-refractivity contribution in [3.63, 3.8) is 0 Å². The summed E-state index contributed by atoms with van der Waals surface area (Å²) in [6.07, 6.45) is 1.76. The molecular weight excluding hydrogens is 277 g/mol. The van der Waals surface area contributed by atoms with Crippen molar-refractivity contribution < 1.29 is 9.13 Å². The van der Waals surface area contributed by atoms with Crippen LogP contribution in [-0.4, -0.2) is 25.3 Å². The minimum Gasteiger partial charge on any atom is -0.378 e. The van der Waals surface area contributed by atoms with Gasteiger partial charge in [-0.15, -0.1) is 0 Å². The number of hydrogen-bond acceptors (Lipinski definition) is 2. The van der Waals surface area contributed by atoms with Gasteiger partial charge in [-0.25, -0.2) is 4.39 Å². The minimum atomic E-state index is -0.222. The average molecular weight is 300 g/mol. The van der Waals surface area contributed by atoms with Crippen LogP contribution in [-0.2, 0) is 11.2 Å². The lowest BCUT2D eigenvalue weighted by molar-refractivity contribution is 0.0617. The van der Waals surface area contributed by atoms with E-state index in [0.29, 0.717) is 17.5 Å². The van der Waals surface area contributed by atoms with Gasteiger partial charge in [-0.05, 0) is 37.5 Å². The van der Waals surface area contributed by atoms with Crippen molar-refractivity contribution in [3.8, 4) is 0 Å². The van der Waals surface area contributed by atoms with Crippen LogP contribution in [0.3, 0.4) is 0 Å². The van der Waals surface area contributed by atoms with Gasteiger partial charge in [0.2, 0.25) is 0 Å². The summed E-state index contributed by atoms with van der Waals surface area (Å²) >= 11 is 5.82. The zero-order valence-corrected chi connectivity index (χ0v) is 13.1. The first-order valence-corrected chi connectivity index (χ1v) is 7.60. The summed E-state index contributed by atoms with van der Waals surface area (Å²) in [6, 6.07) is 5.35. The first kappa shape index (κ1) is 15.7. The van der Waals surface area contributed by atoms with Crippen LogP contribution in [0.25, 0.3) is 0 Å². The van der Waals surface area contributed by atoms with Crippen LogP contribution in [0.4, 0.5) is 4.39 Å². The van der Waals surface area contributed by atoms with Crippen molar-refractivity contribution in [1.29, 1.82) is 0 Å². The second-order valence-corrected chi connectivity index (χ2v) is 6.51. The Labute approximate surface area is 125 Å². The Morgan fingerprint density at radius 1 is 1.50 bits per heavy atom. The molecule has 4 heteroatoms. The normalized spacial score (nSPS) is 26.4. The molecule has 1 aliphatic rings. The molecule has 0 amide bonds. The molecule has 2 atom stereocenters. The van der Waals surface area contributed by atoms with Gasteiger partial charge in [0.25, 0.3) is 0 Å². The highest BCUT2D eigenvalue weighted by Crippen LogP contribution is 2.38. The summed E-state index contributed by atoms with van der Waals surface area (Å²) in [5.41, 5.74) is 0.677. The van der Waals surface area contributed by atoms with Crippen molar-refractivity contribution in [2.75, 3.05) is 13.2 Å². The third kappa shape index (κ3) is 3.51. The summed E-state index contributed by atoms with van der Waals surface area (Å²) in [6.45, 7) is 7.92. The third-order valence-electron chi connectivity index (χ3n) is 4.25. The van der Waals surface area contributed by atoms with Gasteiger partial charge >= 0.3 is 0 Å². The molecule has 1 heterocycles. The quantitative estimate of drug-likeness (QED) is 0.892. The van der Waals surface area contributed by atoms with Gasteiger partial charge in [-0.3, -0.25) is 0 Å². The molecule has 0 bridgehead atoms. The molecule has 0 aromatic heterocycles. The second kappa shape index (κ2) is 6.42. The van der Waals surface area contributed by atoms with Crippen LogP contribution in [0, 0.1) is 11.2 Å². The number of ether oxygens (including phenoxy) is 1. The van der Waals surface area contributed by atoms with E-state index in [2.05, 4.69) is 26.1 Å². The minimum absolute atomic E-state index is 0.0427. The zero-order valence-electron chi connectivity index (χ0n) is 12.4. The first-order valence-electron chi connectivity index (χ1n) is 7.22. The fourth-order valence-electron chi connectivity index (χ4n) is 2.80. The summed E-state index contributed by atoms with van der Waals surface area (Å²) in [4.78, 5) is 0. The van der Waals surface area contributed by atoms with Gasteiger partial charge in [-0.2, -0.15) is 0 Å². The van der Waals surface area contributed by atoms with Gasteiger partial charge in [0.05, 0.1) is 6.10 Å². The predicted molar refractivity (Wildman–Crippen MR) is 80.7 cm³/mol. The van der Waals surface area contributed by atoms with Crippen LogP contribution < -0.4 is 5.32 Å². The summed E-state index contributed by atoms with van der Waals surface area (Å²) in [5.74, 6) is -0.222. The molecule has 1 saturated heterocycles. The Morgan fingerprint density at radius 3 is 2.80 bits per heavy atom. The lowest BCUT2D eigenvalue weighted by Gasteiger charge is -2.33. The number of halogens is 2. The van der Waals surface area contributed by atoms with E-state index in [1.54, 1.807) is 12.1 Å². The molecule has 0 spiro atoms. The molecule has 0 aliphatic carbocycles. The number of hydrogen-bond donors (Lipinski definition) is 1. The molecule has 1 aliphatic heterocycles. The maximum absolute atomic E-state index is 14.1. The van der Waals surface area contributed by atoms with Crippen LogP contribution >= 0.6 is 11.6 Å². The topological polar surface area (TPSA) is 21.3 Å². The van der Waals surface area contributed by atoms with Crippen LogP contribution in [0.1, 0.15) is 32.8 Å². The van der Waals surface area contributed by atoms with E-state index >= 15 is 0 Å². The van der Waals surface area contributed by atoms with Crippen molar-refractivity contribution >= 4 is 11.6 Å². The maximum atomic E-state index is 14.1. The van der Waals surface area contributed by atoms with Gasteiger partial charge < -0.3 is 10.1 Å². The number of nitrogens with one attached hydrogen (secondary N) is 1. The van der Waals surface area contributed by atoms with E-state index < -0.39 is 0 Å². The molecule has 0 saturated carbocycles. The molecule has 1 N–H and O–H groups in total. The predicted octanol–water partition coefficient (Wildman–Crippen LogP) is 3.81. The molecule has 20 heavy (non-hydrogen) atoms. The Morgan fingerprint density at radius 2 is 2.25 bits per heavy atom. The maximum Gasteiger partial charge on any atom is 0.127 e. The van der Waals surface area contributed by atoms with E-state index in [9.17, 15) is 4.39 Å². The van der Waals surface area contributed by atoms with Crippen LogP contribution in [0.2, 0.25) is 5.02 Å². The Balaban J connectivity index is 2.19. The van der Waals surface area contributed by atoms with Crippen LogP contribution in [0.5, 0.6) is 0 Å². The first-order chi connectivity index (χ1) is 9.43. The molecule has 2 nitrogen and oxygen atoms in total. The van der Waals surface area contributed by atoms with Gasteiger partial charge in [0, 0.05) is 29.6 Å². The van der Waals surface area contributed by atoms with E-state index in [0.717, 1.165) is 25.1 Å². The molecule has 112 valence electrons. The lowest BCUT2D eigenvalue weighted by atomic mass is 9.76. The van der Waals surface area contributed by atoms with Crippen molar-refractivity contribution in [2.24, 2.45) is 5.41 Å². The van der Waals surface area contributed by atoms with Gasteiger partial charge in [0.1, 0.15) is 5.82 Å². The van der Waals surface area contributed by atoms with E-state index in [1.807, 2.05) is 0 Å². The van der Waals surface area contributed by atoms with Gasteiger partial charge in [-0.1, -0.05) is 31.5 Å². The molecule has 1 fully saturated rings. The monoisotopic (exact) mass is 299 g/mol. The highest BCUT2D eigenvalue weighted by atomic mass is 35.5. The molecular formula is C16H23ClFNO. The lowest BCUT2D eigenvalue weighted by Crippen LogP contribution is -2.43. The second-order valence-electron chi connectivity index (χ2n) is 6.07. The average Bonchev–Trinajstić information content (AvgIpc) is 2.73. The van der Waals surface area contributed by atoms with E-state index in [4.69, 9.17) is 16.3 Å².